The highest BCUT2D eigenvalue weighted by Gasteiger charge is 2.13. The van der Waals surface area contributed by atoms with Crippen LogP contribution >= 0.6 is 0 Å². The lowest BCUT2D eigenvalue weighted by molar-refractivity contribution is 0.582. The molecule has 0 aliphatic carbocycles. The minimum absolute atomic E-state index is 0.0800. The number of pyridine rings is 1. The maximum atomic E-state index is 11.7. The van der Waals surface area contributed by atoms with Crippen molar-refractivity contribution in [3.05, 3.63) is 47.9 Å². The summed E-state index contributed by atoms with van der Waals surface area (Å²) in [5.41, 5.74) is 5.02. The Morgan fingerprint density at radius 1 is 1.19 bits per heavy atom. The molecular weight excluding hydrogens is 362 g/mol. The van der Waals surface area contributed by atoms with Crippen molar-refractivity contribution >= 4 is 32.6 Å². The summed E-state index contributed by atoms with van der Waals surface area (Å²) in [4.78, 5) is 10.9. The Kier molecular flexibility index (Phi) is 5.48. The zero-order valence-electron chi connectivity index (χ0n) is 16.1. The third-order valence-electron chi connectivity index (χ3n) is 4.70. The molecule has 2 aromatic heterocycles. The number of imidazole rings is 1. The third-order valence-corrected chi connectivity index (χ3v) is 6.05. The van der Waals surface area contributed by atoms with Gasteiger partial charge in [0.2, 0.25) is 10.0 Å². The van der Waals surface area contributed by atoms with E-state index >= 15 is 0 Å². The highest BCUT2D eigenvalue weighted by atomic mass is 32.2. The van der Waals surface area contributed by atoms with Crippen LogP contribution in [0, 0.1) is 0 Å². The van der Waals surface area contributed by atoms with Gasteiger partial charge in [-0.25, -0.2) is 23.1 Å². The lowest BCUT2D eigenvalue weighted by atomic mass is 10.1. The molecule has 0 radical (unpaired) electrons. The van der Waals surface area contributed by atoms with Gasteiger partial charge in [-0.15, -0.1) is 0 Å². The number of aromatic nitrogens is 3. The van der Waals surface area contributed by atoms with Crippen LogP contribution in [-0.4, -0.2) is 35.8 Å². The Bertz CT molecular complexity index is 1060. The van der Waals surface area contributed by atoms with Crippen LogP contribution in [0.3, 0.4) is 0 Å². The maximum absolute atomic E-state index is 11.7. The van der Waals surface area contributed by atoms with Gasteiger partial charge in [-0.05, 0) is 30.5 Å². The van der Waals surface area contributed by atoms with Gasteiger partial charge in [0.25, 0.3) is 0 Å². The number of sulfonamides is 1. The van der Waals surface area contributed by atoms with E-state index in [4.69, 9.17) is 0 Å². The Labute approximate surface area is 160 Å². The maximum Gasteiger partial charge on any atom is 0.211 e. The molecule has 3 aromatic rings. The molecule has 0 saturated carbocycles. The quantitative estimate of drug-likeness (QED) is 0.674. The smallest absolute Gasteiger partial charge is 0.211 e. The number of benzene rings is 1. The fourth-order valence-corrected chi connectivity index (χ4v) is 3.57. The number of fused-ring (bicyclic) bond motifs is 1. The van der Waals surface area contributed by atoms with Crippen LogP contribution in [0.1, 0.15) is 25.0 Å². The molecule has 0 fully saturated rings. The molecular formula is C19H25N5O2S. The molecule has 0 spiro atoms. The first kappa shape index (κ1) is 19.3. The number of aryl methyl sites for hydroxylation is 2. The number of hydrogen-bond donors (Lipinski definition) is 1. The lowest BCUT2D eigenvalue weighted by Crippen LogP contribution is -2.24. The normalized spacial score (nSPS) is 11.9. The van der Waals surface area contributed by atoms with E-state index < -0.39 is 10.0 Å². The van der Waals surface area contributed by atoms with Gasteiger partial charge in [0, 0.05) is 32.4 Å². The van der Waals surface area contributed by atoms with Gasteiger partial charge in [-0.2, -0.15) is 0 Å². The van der Waals surface area contributed by atoms with E-state index in [9.17, 15) is 8.42 Å². The molecule has 0 amide bonds. The van der Waals surface area contributed by atoms with Crippen LogP contribution in [0.4, 0.5) is 11.5 Å². The first-order valence-corrected chi connectivity index (χ1v) is 10.6. The SMILES string of the molecule is CCc1cc(CNS(=O)(=O)CC)ccc1N(C)c1cc2c(cn1)ncn2C. The Balaban J connectivity index is 1.89. The van der Waals surface area contributed by atoms with Crippen molar-refractivity contribution in [2.24, 2.45) is 7.05 Å². The van der Waals surface area contributed by atoms with Crippen molar-refractivity contribution in [3.8, 4) is 0 Å². The van der Waals surface area contributed by atoms with Gasteiger partial charge in [-0.3, -0.25) is 0 Å². The fraction of sp³-hybridized carbons (Fsp3) is 0.368. The molecule has 1 N–H and O–H groups in total. The third kappa shape index (κ3) is 4.12. The van der Waals surface area contributed by atoms with E-state index in [0.717, 1.165) is 40.1 Å². The van der Waals surface area contributed by atoms with E-state index in [1.54, 1.807) is 19.4 Å². The Morgan fingerprint density at radius 3 is 2.67 bits per heavy atom. The van der Waals surface area contributed by atoms with Crippen molar-refractivity contribution in [1.29, 1.82) is 0 Å². The largest absolute Gasteiger partial charge is 0.334 e. The fourth-order valence-electron chi connectivity index (χ4n) is 2.98. The number of hydrogen-bond acceptors (Lipinski definition) is 5. The van der Waals surface area contributed by atoms with Gasteiger partial charge >= 0.3 is 0 Å². The van der Waals surface area contributed by atoms with E-state index in [0.29, 0.717) is 6.54 Å². The lowest BCUT2D eigenvalue weighted by Gasteiger charge is -2.22. The summed E-state index contributed by atoms with van der Waals surface area (Å²) in [6.07, 6.45) is 4.39. The van der Waals surface area contributed by atoms with Crippen LogP contribution in [-0.2, 0) is 30.0 Å². The molecule has 0 bridgehead atoms. The van der Waals surface area contributed by atoms with Crippen molar-refractivity contribution in [3.63, 3.8) is 0 Å². The minimum Gasteiger partial charge on any atom is -0.334 e. The molecule has 0 unspecified atom stereocenters. The first-order chi connectivity index (χ1) is 12.8. The molecule has 144 valence electrons. The van der Waals surface area contributed by atoms with Crippen molar-refractivity contribution < 1.29 is 8.42 Å². The molecule has 1 aromatic carbocycles. The second kappa shape index (κ2) is 7.66. The Hall–Kier alpha value is -2.45. The summed E-state index contributed by atoms with van der Waals surface area (Å²) in [7, 11) is 0.741. The van der Waals surface area contributed by atoms with Gasteiger partial charge in [0.05, 0.1) is 23.8 Å². The highest BCUT2D eigenvalue weighted by molar-refractivity contribution is 7.89. The summed E-state index contributed by atoms with van der Waals surface area (Å²) in [5.74, 6) is 0.914. The first-order valence-electron chi connectivity index (χ1n) is 8.94. The molecule has 0 saturated heterocycles. The summed E-state index contributed by atoms with van der Waals surface area (Å²) in [6, 6.07) is 8.03. The number of nitrogens with zero attached hydrogens (tertiary/aromatic N) is 4. The van der Waals surface area contributed by atoms with Gasteiger partial charge in [0.1, 0.15) is 11.3 Å². The number of rotatable bonds is 7. The van der Waals surface area contributed by atoms with E-state index in [1.165, 1.54) is 0 Å². The predicted molar refractivity (Wildman–Crippen MR) is 109 cm³/mol. The van der Waals surface area contributed by atoms with Crippen LogP contribution in [0.15, 0.2) is 36.8 Å². The standard InChI is InChI=1S/C19H25N5O2S/c1-5-15-9-14(11-22-27(25,26)6-2)7-8-17(15)24(4)19-10-18-16(12-20-19)21-13-23(18)3/h7-10,12-13,22H,5-6,11H2,1-4H3. The van der Waals surface area contributed by atoms with Gasteiger partial charge < -0.3 is 9.47 Å². The molecule has 27 heavy (non-hydrogen) atoms. The van der Waals surface area contributed by atoms with Crippen LogP contribution in [0.2, 0.25) is 0 Å². The average Bonchev–Trinajstić information content (AvgIpc) is 3.06. The molecule has 7 nitrogen and oxygen atoms in total. The van der Waals surface area contributed by atoms with Crippen molar-refractivity contribution in [1.82, 2.24) is 19.3 Å². The Morgan fingerprint density at radius 2 is 1.96 bits per heavy atom. The van der Waals surface area contributed by atoms with Crippen LogP contribution in [0.25, 0.3) is 11.0 Å². The van der Waals surface area contributed by atoms with Crippen molar-refractivity contribution in [2.75, 3.05) is 17.7 Å². The molecule has 2 heterocycles. The van der Waals surface area contributed by atoms with Crippen LogP contribution < -0.4 is 9.62 Å². The second-order valence-electron chi connectivity index (χ2n) is 6.49. The zero-order valence-corrected chi connectivity index (χ0v) is 16.9. The molecule has 0 aliphatic heterocycles. The van der Waals surface area contributed by atoms with E-state index in [2.05, 4.69) is 21.6 Å². The van der Waals surface area contributed by atoms with Crippen molar-refractivity contribution in [2.45, 2.75) is 26.8 Å². The number of nitrogens with one attached hydrogen (secondary N) is 1. The minimum atomic E-state index is -3.20. The molecule has 0 atom stereocenters. The van der Waals surface area contributed by atoms with Crippen LogP contribution in [0.5, 0.6) is 0 Å². The van der Waals surface area contributed by atoms with Gasteiger partial charge in [0.15, 0.2) is 0 Å². The molecule has 3 rings (SSSR count). The van der Waals surface area contributed by atoms with Gasteiger partial charge in [-0.1, -0.05) is 19.1 Å². The second-order valence-corrected chi connectivity index (χ2v) is 8.58. The topological polar surface area (TPSA) is 80.1 Å². The van der Waals surface area contributed by atoms with E-state index in [-0.39, 0.29) is 5.75 Å². The monoisotopic (exact) mass is 387 g/mol. The highest BCUT2D eigenvalue weighted by Crippen LogP contribution is 2.28. The summed E-state index contributed by atoms with van der Waals surface area (Å²) < 4.78 is 27.9. The average molecular weight is 388 g/mol. The zero-order chi connectivity index (χ0) is 19.6. The predicted octanol–water partition coefficient (Wildman–Crippen LogP) is 2.74. The molecule has 0 aliphatic rings. The summed E-state index contributed by atoms with van der Waals surface area (Å²) >= 11 is 0. The van der Waals surface area contributed by atoms with E-state index in [1.807, 2.05) is 47.8 Å². The molecule has 8 heteroatoms. The summed E-state index contributed by atoms with van der Waals surface area (Å²) in [5, 5.41) is 0. The number of anilines is 2. The summed E-state index contributed by atoms with van der Waals surface area (Å²) in [6.45, 7) is 4.01.